The van der Waals surface area contributed by atoms with E-state index < -0.39 is 0 Å². The Morgan fingerprint density at radius 3 is 2.12 bits per heavy atom. The highest BCUT2D eigenvalue weighted by Crippen LogP contribution is 2.27. The molecule has 4 nitrogen and oxygen atoms in total. The monoisotopic (exact) mass is 395 g/mol. The van der Waals surface area contributed by atoms with Crippen LogP contribution in [0.15, 0.2) is 24.3 Å². The average molecular weight is 397 g/mol. The fourth-order valence-corrected chi connectivity index (χ4v) is 3.15. The molecule has 0 spiro atoms. The summed E-state index contributed by atoms with van der Waals surface area (Å²) in [6.07, 6.45) is 0. The minimum atomic E-state index is -0.118. The van der Waals surface area contributed by atoms with Crippen LogP contribution in [0, 0.1) is 5.92 Å². The Kier molecular flexibility index (Phi) is 10.2. The number of amides is 1. The van der Waals surface area contributed by atoms with Gasteiger partial charge in [-0.15, -0.1) is 24.8 Å². The van der Waals surface area contributed by atoms with E-state index >= 15 is 0 Å². The lowest BCUT2D eigenvalue weighted by Crippen LogP contribution is -2.52. The second-order valence-electron chi connectivity index (χ2n) is 6.21. The second kappa shape index (κ2) is 10.5. The topological polar surface area (TPSA) is 49.6 Å². The van der Waals surface area contributed by atoms with Gasteiger partial charge in [-0.3, -0.25) is 9.69 Å². The minimum Gasteiger partial charge on any atom is -0.340 e. The van der Waals surface area contributed by atoms with E-state index in [2.05, 4.69) is 17.9 Å². The van der Waals surface area contributed by atoms with Gasteiger partial charge in [0.2, 0.25) is 5.91 Å². The molecular formula is C17H28Cl3N3O. The molecule has 1 aromatic rings. The third-order valence-corrected chi connectivity index (χ3v) is 5.05. The van der Waals surface area contributed by atoms with Crippen molar-refractivity contribution in [1.29, 1.82) is 0 Å². The van der Waals surface area contributed by atoms with Gasteiger partial charge in [0.05, 0.1) is 5.92 Å². The summed E-state index contributed by atoms with van der Waals surface area (Å²) in [6, 6.07) is 8.12. The number of rotatable bonds is 4. The van der Waals surface area contributed by atoms with Crippen molar-refractivity contribution in [3.63, 3.8) is 0 Å². The molecule has 1 heterocycles. The average Bonchev–Trinajstić information content (AvgIpc) is 2.53. The zero-order valence-corrected chi connectivity index (χ0v) is 16.8. The summed E-state index contributed by atoms with van der Waals surface area (Å²) >= 11 is 6.29. The van der Waals surface area contributed by atoms with Gasteiger partial charge < -0.3 is 10.6 Å². The number of halogens is 3. The Morgan fingerprint density at radius 2 is 1.62 bits per heavy atom. The normalized spacial score (nSPS) is 18.8. The predicted molar refractivity (Wildman–Crippen MR) is 105 cm³/mol. The standard InChI is InChI=1S/C17H26ClN3O.2ClH/c1-12(13(2)19)17(22)21-10-8-20(9-11-21)14(3)15-6-4-5-7-16(15)18;;/h4-7,12-14H,8-11,19H2,1-3H3;2*1H. The van der Waals surface area contributed by atoms with Crippen molar-refractivity contribution in [2.45, 2.75) is 32.9 Å². The van der Waals surface area contributed by atoms with Gasteiger partial charge in [0.15, 0.2) is 0 Å². The molecule has 3 unspecified atom stereocenters. The molecule has 0 saturated carbocycles. The van der Waals surface area contributed by atoms with Gasteiger partial charge in [0.1, 0.15) is 0 Å². The molecule has 0 aromatic heterocycles. The number of hydrogen-bond acceptors (Lipinski definition) is 3. The summed E-state index contributed by atoms with van der Waals surface area (Å²) in [5.74, 6) is 0.0487. The molecule has 24 heavy (non-hydrogen) atoms. The highest BCUT2D eigenvalue weighted by atomic mass is 35.5. The number of nitrogens with two attached hydrogens (primary N) is 1. The number of carbonyl (C=O) groups is 1. The maximum atomic E-state index is 12.3. The highest BCUT2D eigenvalue weighted by Gasteiger charge is 2.28. The molecule has 0 aliphatic carbocycles. The first-order valence-corrected chi connectivity index (χ1v) is 8.32. The zero-order chi connectivity index (χ0) is 16.3. The molecule has 1 aromatic carbocycles. The largest absolute Gasteiger partial charge is 0.340 e. The number of benzene rings is 1. The summed E-state index contributed by atoms with van der Waals surface area (Å²) < 4.78 is 0. The van der Waals surface area contributed by atoms with Crippen molar-refractivity contribution in [3.05, 3.63) is 34.9 Å². The third-order valence-electron chi connectivity index (χ3n) is 4.71. The first-order chi connectivity index (χ1) is 10.4. The summed E-state index contributed by atoms with van der Waals surface area (Å²) in [6.45, 7) is 9.20. The molecular weight excluding hydrogens is 369 g/mol. The fraction of sp³-hybridized carbons (Fsp3) is 0.588. The molecule has 7 heteroatoms. The lowest BCUT2D eigenvalue weighted by atomic mass is 10.0. The van der Waals surface area contributed by atoms with E-state index in [1.54, 1.807) is 0 Å². The number of hydrogen-bond donors (Lipinski definition) is 1. The first kappa shape index (κ1) is 23.5. The van der Waals surface area contributed by atoms with Gasteiger partial charge in [0, 0.05) is 43.3 Å². The van der Waals surface area contributed by atoms with Crippen LogP contribution in [0.4, 0.5) is 0 Å². The van der Waals surface area contributed by atoms with Crippen molar-refractivity contribution >= 4 is 42.3 Å². The first-order valence-electron chi connectivity index (χ1n) is 7.94. The van der Waals surface area contributed by atoms with Gasteiger partial charge in [-0.05, 0) is 25.5 Å². The summed E-state index contributed by atoms with van der Waals surface area (Å²) in [7, 11) is 0. The van der Waals surface area contributed by atoms with Gasteiger partial charge in [-0.1, -0.05) is 36.7 Å². The van der Waals surface area contributed by atoms with Crippen LogP contribution >= 0.6 is 36.4 Å². The van der Waals surface area contributed by atoms with Gasteiger partial charge in [-0.25, -0.2) is 0 Å². The Labute approximate surface area is 162 Å². The van der Waals surface area contributed by atoms with Crippen molar-refractivity contribution < 1.29 is 4.79 Å². The molecule has 0 radical (unpaired) electrons. The van der Waals surface area contributed by atoms with Crippen molar-refractivity contribution in [3.8, 4) is 0 Å². The van der Waals surface area contributed by atoms with Gasteiger partial charge in [0.25, 0.3) is 0 Å². The summed E-state index contributed by atoms with van der Waals surface area (Å²) in [5, 5.41) is 0.805. The Morgan fingerprint density at radius 1 is 1.08 bits per heavy atom. The molecule has 0 bridgehead atoms. The minimum absolute atomic E-state index is 0. The maximum absolute atomic E-state index is 12.3. The number of piperazine rings is 1. The van der Waals surface area contributed by atoms with Crippen LogP contribution in [0.2, 0.25) is 5.02 Å². The van der Waals surface area contributed by atoms with Crippen LogP contribution in [0.5, 0.6) is 0 Å². The molecule has 2 rings (SSSR count). The lowest BCUT2D eigenvalue weighted by Gasteiger charge is -2.39. The van der Waals surface area contributed by atoms with Gasteiger partial charge in [-0.2, -0.15) is 0 Å². The van der Waals surface area contributed by atoms with E-state index in [4.69, 9.17) is 17.3 Å². The summed E-state index contributed by atoms with van der Waals surface area (Å²) in [5.41, 5.74) is 6.99. The van der Waals surface area contributed by atoms with E-state index in [-0.39, 0.29) is 48.7 Å². The predicted octanol–water partition coefficient (Wildman–Crippen LogP) is 3.37. The SMILES string of the molecule is CC(N)C(C)C(=O)N1CCN(C(C)c2ccccc2Cl)CC1.Cl.Cl. The summed E-state index contributed by atoms with van der Waals surface area (Å²) in [4.78, 5) is 16.7. The van der Waals surface area contributed by atoms with Crippen LogP contribution < -0.4 is 5.73 Å². The van der Waals surface area contributed by atoms with Crippen LogP contribution in [0.25, 0.3) is 0 Å². The maximum Gasteiger partial charge on any atom is 0.227 e. The van der Waals surface area contributed by atoms with E-state index in [1.807, 2.05) is 36.9 Å². The molecule has 1 fully saturated rings. The van der Waals surface area contributed by atoms with Crippen LogP contribution in [0.1, 0.15) is 32.4 Å². The molecule has 138 valence electrons. The van der Waals surface area contributed by atoms with Crippen LogP contribution in [0.3, 0.4) is 0 Å². The molecule has 1 aliphatic rings. The quantitative estimate of drug-likeness (QED) is 0.849. The van der Waals surface area contributed by atoms with E-state index in [0.29, 0.717) is 0 Å². The Bertz CT molecular complexity index is 520. The fourth-order valence-electron chi connectivity index (χ4n) is 2.85. The van der Waals surface area contributed by atoms with E-state index in [1.165, 1.54) is 0 Å². The van der Waals surface area contributed by atoms with E-state index in [0.717, 1.165) is 36.8 Å². The van der Waals surface area contributed by atoms with Crippen molar-refractivity contribution in [2.24, 2.45) is 11.7 Å². The van der Waals surface area contributed by atoms with E-state index in [9.17, 15) is 4.79 Å². The molecule has 2 N–H and O–H groups in total. The number of nitrogens with zero attached hydrogens (tertiary/aromatic N) is 2. The third kappa shape index (κ3) is 5.50. The zero-order valence-electron chi connectivity index (χ0n) is 14.4. The smallest absolute Gasteiger partial charge is 0.227 e. The molecule has 3 atom stereocenters. The Hall–Kier alpha value is -0.520. The van der Waals surface area contributed by atoms with Crippen molar-refractivity contribution in [1.82, 2.24) is 9.80 Å². The highest BCUT2D eigenvalue weighted by molar-refractivity contribution is 6.31. The van der Waals surface area contributed by atoms with Crippen LogP contribution in [-0.4, -0.2) is 47.9 Å². The van der Waals surface area contributed by atoms with Gasteiger partial charge >= 0.3 is 0 Å². The second-order valence-corrected chi connectivity index (χ2v) is 6.61. The van der Waals surface area contributed by atoms with Crippen LogP contribution in [-0.2, 0) is 4.79 Å². The molecule has 1 amide bonds. The molecule has 1 saturated heterocycles. The molecule has 1 aliphatic heterocycles. The van der Waals surface area contributed by atoms with Crippen molar-refractivity contribution in [2.75, 3.05) is 26.2 Å². The number of carbonyl (C=O) groups excluding carboxylic acids is 1. The Balaban J connectivity index is 0.00000264. The lowest BCUT2D eigenvalue weighted by molar-refractivity contribution is -0.137.